The molecule has 0 heterocycles. The molecule has 14 heavy (non-hydrogen) atoms. The molecule has 0 atom stereocenters. The second-order valence-corrected chi connectivity index (χ2v) is 3.33. The summed E-state index contributed by atoms with van der Waals surface area (Å²) < 4.78 is 4.62. The highest BCUT2D eigenvalue weighted by Crippen LogP contribution is 2.21. The maximum Gasteiger partial charge on any atom is 0.316 e. The van der Waals surface area contributed by atoms with Crippen LogP contribution in [0.25, 0.3) is 0 Å². The van der Waals surface area contributed by atoms with Crippen molar-refractivity contribution in [2.75, 3.05) is 0 Å². The van der Waals surface area contributed by atoms with Crippen LogP contribution in [0.3, 0.4) is 0 Å². The lowest BCUT2D eigenvalue weighted by molar-refractivity contribution is -0.148. The van der Waals surface area contributed by atoms with Gasteiger partial charge < -0.3 is 9.84 Å². The van der Waals surface area contributed by atoms with Crippen LogP contribution in [0.15, 0.2) is 12.8 Å². The van der Waals surface area contributed by atoms with E-state index in [4.69, 9.17) is 9.90 Å². The predicted molar refractivity (Wildman–Crippen MR) is 53.7 cm³/mol. The third-order valence-electron chi connectivity index (χ3n) is 1.63. The molecule has 1 N–H and O–H groups in total. The van der Waals surface area contributed by atoms with Crippen molar-refractivity contribution < 1.29 is 19.4 Å². The van der Waals surface area contributed by atoms with Crippen molar-refractivity contribution in [2.45, 2.75) is 34.1 Å². The van der Waals surface area contributed by atoms with Gasteiger partial charge in [-0.3, -0.25) is 9.59 Å². The van der Waals surface area contributed by atoms with Gasteiger partial charge in [0.25, 0.3) is 5.97 Å². The van der Waals surface area contributed by atoms with Gasteiger partial charge in [-0.25, -0.2) is 0 Å². The molecule has 0 saturated carbocycles. The summed E-state index contributed by atoms with van der Waals surface area (Å²) >= 11 is 0. The molecule has 82 valence electrons. The summed E-state index contributed by atoms with van der Waals surface area (Å²) in [6.45, 7) is 10.0. The minimum atomic E-state index is -0.833. The van der Waals surface area contributed by atoms with E-state index in [1.54, 1.807) is 0 Å². The van der Waals surface area contributed by atoms with E-state index in [0.717, 1.165) is 13.3 Å². The van der Waals surface area contributed by atoms with Crippen molar-refractivity contribution >= 4 is 11.9 Å². The molecule has 0 aromatic heterocycles. The number of aliphatic carboxylic acids is 1. The van der Waals surface area contributed by atoms with Crippen molar-refractivity contribution in [3.8, 4) is 0 Å². The maximum absolute atomic E-state index is 11.0. The highest BCUT2D eigenvalue weighted by atomic mass is 16.5. The van der Waals surface area contributed by atoms with Crippen molar-refractivity contribution in [3.63, 3.8) is 0 Å². The second kappa shape index (κ2) is 7.12. The largest absolute Gasteiger partial charge is 0.481 e. The van der Waals surface area contributed by atoms with Crippen LogP contribution >= 0.6 is 0 Å². The van der Waals surface area contributed by atoms with Crippen LogP contribution in [0.5, 0.6) is 0 Å². The third kappa shape index (κ3) is 8.77. The van der Waals surface area contributed by atoms with Gasteiger partial charge in [0.1, 0.15) is 0 Å². The molecular weight excluding hydrogens is 184 g/mol. The number of hydrogen-bond donors (Lipinski definition) is 1. The van der Waals surface area contributed by atoms with Crippen LogP contribution in [-0.4, -0.2) is 17.0 Å². The van der Waals surface area contributed by atoms with Crippen molar-refractivity contribution in [3.05, 3.63) is 12.8 Å². The highest BCUT2D eigenvalue weighted by molar-refractivity contribution is 5.76. The van der Waals surface area contributed by atoms with Gasteiger partial charge in [-0.2, -0.15) is 0 Å². The quantitative estimate of drug-likeness (QED) is 0.563. The number of carbonyl (C=O) groups is 2. The van der Waals surface area contributed by atoms with E-state index in [0.29, 0.717) is 0 Å². The first kappa shape index (κ1) is 15.2. The van der Waals surface area contributed by atoms with Crippen LogP contribution in [0, 0.1) is 5.41 Å². The molecule has 0 aliphatic heterocycles. The van der Waals surface area contributed by atoms with Crippen LogP contribution in [0.4, 0.5) is 0 Å². The van der Waals surface area contributed by atoms with Crippen LogP contribution < -0.4 is 0 Å². The SMILES string of the molecule is C=COC(=O)C(C)(C)CC.CC(=O)O. The lowest BCUT2D eigenvalue weighted by Gasteiger charge is -2.18. The molecule has 0 amide bonds. The molecular formula is C10H18O4. The van der Waals surface area contributed by atoms with E-state index in [-0.39, 0.29) is 11.4 Å². The van der Waals surface area contributed by atoms with E-state index >= 15 is 0 Å². The Morgan fingerprint density at radius 3 is 2.07 bits per heavy atom. The molecule has 0 aliphatic carbocycles. The summed E-state index contributed by atoms with van der Waals surface area (Å²) in [4.78, 5) is 20.0. The molecule has 4 heteroatoms. The first-order valence-corrected chi connectivity index (χ1v) is 4.29. The fourth-order valence-electron chi connectivity index (χ4n) is 0.380. The van der Waals surface area contributed by atoms with E-state index in [2.05, 4.69) is 11.3 Å². The fourth-order valence-corrected chi connectivity index (χ4v) is 0.380. The molecule has 0 fully saturated rings. The van der Waals surface area contributed by atoms with Gasteiger partial charge in [0.05, 0.1) is 11.7 Å². The minimum absolute atomic E-state index is 0.218. The van der Waals surface area contributed by atoms with Gasteiger partial charge in [-0.15, -0.1) is 0 Å². The zero-order valence-electron chi connectivity index (χ0n) is 9.16. The highest BCUT2D eigenvalue weighted by Gasteiger charge is 2.26. The number of rotatable bonds is 3. The Morgan fingerprint density at radius 1 is 1.50 bits per heavy atom. The minimum Gasteiger partial charge on any atom is -0.481 e. The smallest absolute Gasteiger partial charge is 0.316 e. The third-order valence-corrected chi connectivity index (χ3v) is 1.63. The number of esters is 1. The summed E-state index contributed by atoms with van der Waals surface area (Å²) in [5.74, 6) is -1.05. The van der Waals surface area contributed by atoms with Gasteiger partial charge >= 0.3 is 5.97 Å². The zero-order chi connectivity index (χ0) is 11.8. The first-order valence-electron chi connectivity index (χ1n) is 4.29. The van der Waals surface area contributed by atoms with Crippen molar-refractivity contribution in [2.24, 2.45) is 5.41 Å². The molecule has 0 rings (SSSR count). The lowest BCUT2D eigenvalue weighted by atomic mass is 9.91. The second-order valence-electron chi connectivity index (χ2n) is 3.33. The van der Waals surface area contributed by atoms with Crippen LogP contribution in [-0.2, 0) is 14.3 Å². The van der Waals surface area contributed by atoms with Crippen molar-refractivity contribution in [1.82, 2.24) is 0 Å². The number of carboxylic acid groups (broad SMARTS) is 1. The molecule has 0 aliphatic rings. The molecule has 0 aromatic rings. The van der Waals surface area contributed by atoms with Crippen LogP contribution in [0.2, 0.25) is 0 Å². The average Bonchev–Trinajstić information content (AvgIpc) is 2.04. The zero-order valence-corrected chi connectivity index (χ0v) is 9.16. The summed E-state index contributed by atoms with van der Waals surface area (Å²) in [6.07, 6.45) is 1.94. The van der Waals surface area contributed by atoms with E-state index in [1.165, 1.54) is 6.26 Å². The van der Waals surface area contributed by atoms with E-state index in [9.17, 15) is 4.79 Å². The van der Waals surface area contributed by atoms with Gasteiger partial charge in [0.15, 0.2) is 0 Å². The molecule has 0 unspecified atom stereocenters. The lowest BCUT2D eigenvalue weighted by Crippen LogP contribution is -2.23. The number of ether oxygens (including phenoxy) is 1. The van der Waals surface area contributed by atoms with Crippen molar-refractivity contribution in [1.29, 1.82) is 0 Å². The van der Waals surface area contributed by atoms with Gasteiger partial charge in [0, 0.05) is 6.92 Å². The Hall–Kier alpha value is -1.32. The molecule has 0 bridgehead atoms. The fraction of sp³-hybridized carbons (Fsp3) is 0.600. The van der Waals surface area contributed by atoms with Crippen LogP contribution in [0.1, 0.15) is 34.1 Å². The van der Waals surface area contributed by atoms with Gasteiger partial charge in [-0.05, 0) is 20.3 Å². The molecule has 4 nitrogen and oxygen atoms in total. The Balaban J connectivity index is 0. The molecule has 0 aromatic carbocycles. The van der Waals surface area contributed by atoms with E-state index in [1.807, 2.05) is 20.8 Å². The maximum atomic E-state index is 11.0. The van der Waals surface area contributed by atoms with E-state index < -0.39 is 5.97 Å². The molecule has 0 spiro atoms. The Kier molecular flexibility index (Phi) is 7.71. The van der Waals surface area contributed by atoms with Gasteiger partial charge in [0.2, 0.25) is 0 Å². The molecule has 0 saturated heterocycles. The summed E-state index contributed by atoms with van der Waals surface area (Å²) in [5, 5.41) is 7.42. The topological polar surface area (TPSA) is 63.6 Å². The number of hydrogen-bond acceptors (Lipinski definition) is 3. The molecule has 0 radical (unpaired) electrons. The standard InChI is InChI=1S/C8H14O2.C2H4O2/c1-5-8(3,4)7(9)10-6-2;1-2(3)4/h6H,2,5H2,1,3-4H3;1H3,(H,3,4). The van der Waals surface area contributed by atoms with Gasteiger partial charge in [-0.1, -0.05) is 13.5 Å². The number of carbonyl (C=O) groups excluding carboxylic acids is 1. The predicted octanol–water partition coefficient (Wildman–Crippen LogP) is 2.20. The first-order chi connectivity index (χ1) is 6.27. The number of carboxylic acids is 1. The normalized spacial score (nSPS) is 9.43. The Labute approximate surface area is 84.6 Å². The Morgan fingerprint density at radius 2 is 1.86 bits per heavy atom. The average molecular weight is 202 g/mol. The summed E-state index contributed by atoms with van der Waals surface area (Å²) in [7, 11) is 0. The summed E-state index contributed by atoms with van der Waals surface area (Å²) in [5.41, 5.74) is -0.381. The summed E-state index contributed by atoms with van der Waals surface area (Å²) in [6, 6.07) is 0. The monoisotopic (exact) mass is 202 g/mol. The Bertz CT molecular complexity index is 202.